The highest BCUT2D eigenvalue weighted by Gasteiger charge is 2.55. The molecule has 0 radical (unpaired) electrons. The van der Waals surface area contributed by atoms with Gasteiger partial charge in [-0.25, -0.2) is 4.90 Å². The third kappa shape index (κ3) is 3.11. The Morgan fingerprint density at radius 2 is 1.93 bits per heavy atom. The van der Waals surface area contributed by atoms with Gasteiger partial charge in [0.05, 0.1) is 5.69 Å². The fourth-order valence-electron chi connectivity index (χ4n) is 3.27. The third-order valence-electron chi connectivity index (χ3n) is 4.65. The standard InChI is InChI=1S/C19H16ClN5O3/c1-11-5-2-3-8-14(11)21-15(26)10-24-17-16(22-23-24)18(27)25(19(17)28)13-7-4-6-12(20)9-13/h2-9,16-17H,10H2,1H3,(H,21,26)/t16-,17-/m0/s1. The number of para-hydroxylation sites is 1. The van der Waals surface area contributed by atoms with Crippen molar-refractivity contribution >= 4 is 40.7 Å². The number of carbonyl (C=O) groups excluding carboxylic acids is 3. The van der Waals surface area contributed by atoms with Crippen molar-refractivity contribution in [2.75, 3.05) is 16.8 Å². The lowest BCUT2D eigenvalue weighted by atomic mass is 10.1. The average Bonchev–Trinajstić information content (AvgIpc) is 3.17. The van der Waals surface area contributed by atoms with Crippen LogP contribution in [-0.4, -0.2) is 41.4 Å². The normalized spacial score (nSPS) is 20.6. The first-order chi connectivity index (χ1) is 13.5. The summed E-state index contributed by atoms with van der Waals surface area (Å²) in [6, 6.07) is 11.9. The number of nitrogens with zero attached hydrogens (tertiary/aromatic N) is 4. The molecule has 0 aromatic heterocycles. The Morgan fingerprint density at radius 3 is 2.68 bits per heavy atom. The first-order valence-corrected chi connectivity index (χ1v) is 9.00. The van der Waals surface area contributed by atoms with E-state index in [-0.39, 0.29) is 12.5 Å². The van der Waals surface area contributed by atoms with E-state index >= 15 is 0 Å². The van der Waals surface area contributed by atoms with Crippen LogP contribution in [0.3, 0.4) is 0 Å². The fraction of sp³-hybridized carbons (Fsp3) is 0.211. The molecule has 28 heavy (non-hydrogen) atoms. The molecule has 1 saturated heterocycles. The van der Waals surface area contributed by atoms with Gasteiger partial charge in [0.1, 0.15) is 6.54 Å². The van der Waals surface area contributed by atoms with E-state index in [4.69, 9.17) is 11.6 Å². The summed E-state index contributed by atoms with van der Waals surface area (Å²) in [6.07, 6.45) is 0. The Kier molecular flexibility index (Phi) is 4.56. The van der Waals surface area contributed by atoms with E-state index < -0.39 is 23.9 Å². The predicted molar refractivity (Wildman–Crippen MR) is 103 cm³/mol. The molecule has 3 amide bonds. The Balaban J connectivity index is 1.50. The molecule has 9 heteroatoms. The minimum absolute atomic E-state index is 0.193. The van der Waals surface area contributed by atoms with Crippen LogP contribution in [0.5, 0.6) is 0 Å². The number of aryl methyl sites for hydroxylation is 1. The second-order valence-corrected chi connectivity index (χ2v) is 6.98. The largest absolute Gasteiger partial charge is 0.324 e. The van der Waals surface area contributed by atoms with Crippen molar-refractivity contribution in [2.45, 2.75) is 19.0 Å². The van der Waals surface area contributed by atoms with Crippen LogP contribution in [0.15, 0.2) is 58.9 Å². The van der Waals surface area contributed by atoms with Crippen molar-refractivity contribution in [1.82, 2.24) is 5.01 Å². The van der Waals surface area contributed by atoms with Crippen LogP contribution in [0.4, 0.5) is 11.4 Å². The molecule has 8 nitrogen and oxygen atoms in total. The van der Waals surface area contributed by atoms with E-state index in [0.717, 1.165) is 10.5 Å². The van der Waals surface area contributed by atoms with Crippen LogP contribution in [0.25, 0.3) is 0 Å². The van der Waals surface area contributed by atoms with E-state index in [1.165, 1.54) is 11.1 Å². The molecular formula is C19H16ClN5O3. The number of fused-ring (bicyclic) bond motifs is 1. The summed E-state index contributed by atoms with van der Waals surface area (Å²) < 4.78 is 0. The third-order valence-corrected chi connectivity index (χ3v) is 4.88. The Bertz CT molecular complexity index is 1010. The molecule has 2 aliphatic rings. The highest BCUT2D eigenvalue weighted by Crippen LogP contribution is 2.32. The van der Waals surface area contributed by atoms with Crippen LogP contribution < -0.4 is 10.2 Å². The SMILES string of the molecule is Cc1ccccc1NC(=O)CN1N=N[C@@H]2C(=O)N(c3cccc(Cl)c3)C(=O)[C@H]21. The second-order valence-electron chi connectivity index (χ2n) is 6.55. The zero-order valence-electron chi connectivity index (χ0n) is 14.9. The van der Waals surface area contributed by atoms with Gasteiger partial charge in [-0.2, -0.15) is 5.11 Å². The van der Waals surface area contributed by atoms with Gasteiger partial charge < -0.3 is 5.32 Å². The van der Waals surface area contributed by atoms with Gasteiger partial charge in [0.15, 0.2) is 12.1 Å². The lowest BCUT2D eigenvalue weighted by molar-refractivity contribution is -0.123. The van der Waals surface area contributed by atoms with Gasteiger partial charge in [-0.15, -0.1) is 0 Å². The summed E-state index contributed by atoms with van der Waals surface area (Å²) in [7, 11) is 0. The maximum atomic E-state index is 12.9. The molecule has 0 bridgehead atoms. The summed E-state index contributed by atoms with van der Waals surface area (Å²) >= 11 is 5.97. The van der Waals surface area contributed by atoms with E-state index in [2.05, 4.69) is 15.7 Å². The Labute approximate surface area is 165 Å². The number of benzene rings is 2. The number of hydrogen-bond donors (Lipinski definition) is 1. The van der Waals surface area contributed by atoms with Crippen molar-refractivity contribution in [1.29, 1.82) is 0 Å². The monoisotopic (exact) mass is 397 g/mol. The second kappa shape index (κ2) is 7.05. The first-order valence-electron chi connectivity index (χ1n) is 8.62. The van der Waals surface area contributed by atoms with Gasteiger partial charge in [0.2, 0.25) is 5.91 Å². The molecule has 1 N–H and O–H groups in total. The maximum Gasteiger partial charge on any atom is 0.263 e. The smallest absolute Gasteiger partial charge is 0.263 e. The van der Waals surface area contributed by atoms with Crippen molar-refractivity contribution in [3.63, 3.8) is 0 Å². The molecule has 0 spiro atoms. The Morgan fingerprint density at radius 1 is 1.14 bits per heavy atom. The van der Waals surface area contributed by atoms with Crippen molar-refractivity contribution in [2.24, 2.45) is 10.3 Å². The molecule has 0 unspecified atom stereocenters. The number of rotatable bonds is 4. The summed E-state index contributed by atoms with van der Waals surface area (Å²) in [5.74, 6) is -1.32. The molecule has 2 aromatic rings. The quantitative estimate of drug-likeness (QED) is 0.802. The molecule has 2 aliphatic heterocycles. The highest BCUT2D eigenvalue weighted by atomic mass is 35.5. The molecular weight excluding hydrogens is 382 g/mol. The van der Waals surface area contributed by atoms with E-state index in [1.54, 1.807) is 24.3 Å². The zero-order valence-corrected chi connectivity index (χ0v) is 15.6. The minimum Gasteiger partial charge on any atom is -0.324 e. The van der Waals surface area contributed by atoms with E-state index in [0.29, 0.717) is 16.4 Å². The summed E-state index contributed by atoms with van der Waals surface area (Å²) in [4.78, 5) is 39.0. The highest BCUT2D eigenvalue weighted by molar-refractivity contribution is 6.31. The lowest BCUT2D eigenvalue weighted by Crippen LogP contribution is -2.43. The van der Waals surface area contributed by atoms with Crippen molar-refractivity contribution in [3.8, 4) is 0 Å². The number of amides is 3. The molecule has 2 aromatic carbocycles. The summed E-state index contributed by atoms with van der Waals surface area (Å²) in [5, 5.41) is 12.2. The minimum atomic E-state index is -0.960. The van der Waals surface area contributed by atoms with Gasteiger partial charge in [-0.1, -0.05) is 41.1 Å². The number of nitrogens with one attached hydrogen (secondary N) is 1. The molecule has 0 aliphatic carbocycles. The van der Waals surface area contributed by atoms with E-state index in [1.807, 2.05) is 25.1 Å². The summed E-state index contributed by atoms with van der Waals surface area (Å²) in [5.41, 5.74) is 1.96. The number of hydrogen-bond acceptors (Lipinski definition) is 6. The average molecular weight is 398 g/mol. The summed E-state index contributed by atoms with van der Waals surface area (Å²) in [6.45, 7) is 1.69. The first kappa shape index (κ1) is 18.1. The molecule has 142 valence electrons. The fourth-order valence-corrected chi connectivity index (χ4v) is 3.46. The molecule has 0 saturated carbocycles. The number of halogens is 1. The number of anilines is 2. The predicted octanol–water partition coefficient (Wildman–Crippen LogP) is 2.58. The number of imide groups is 1. The van der Waals surface area contributed by atoms with Gasteiger partial charge in [-0.3, -0.25) is 19.4 Å². The van der Waals surface area contributed by atoms with Crippen molar-refractivity contribution < 1.29 is 14.4 Å². The molecule has 4 rings (SSSR count). The number of carbonyl (C=O) groups is 3. The van der Waals surface area contributed by atoms with Crippen LogP contribution >= 0.6 is 11.6 Å². The topological polar surface area (TPSA) is 94.4 Å². The Hall–Kier alpha value is -3.26. The van der Waals surface area contributed by atoms with Crippen LogP contribution in [-0.2, 0) is 14.4 Å². The van der Waals surface area contributed by atoms with Gasteiger partial charge in [0, 0.05) is 10.7 Å². The van der Waals surface area contributed by atoms with Crippen molar-refractivity contribution in [3.05, 3.63) is 59.1 Å². The van der Waals surface area contributed by atoms with Crippen LogP contribution in [0, 0.1) is 6.92 Å². The maximum absolute atomic E-state index is 12.9. The van der Waals surface area contributed by atoms with Gasteiger partial charge in [-0.05, 0) is 36.8 Å². The zero-order chi connectivity index (χ0) is 19.8. The van der Waals surface area contributed by atoms with Gasteiger partial charge >= 0.3 is 0 Å². The van der Waals surface area contributed by atoms with Gasteiger partial charge in [0.25, 0.3) is 11.8 Å². The van der Waals surface area contributed by atoms with Crippen LogP contribution in [0.1, 0.15) is 5.56 Å². The molecule has 1 fully saturated rings. The molecule has 2 atom stereocenters. The van der Waals surface area contributed by atoms with E-state index in [9.17, 15) is 14.4 Å². The lowest BCUT2D eigenvalue weighted by Gasteiger charge is -2.20. The molecule has 2 heterocycles. The van der Waals surface area contributed by atoms with Crippen LogP contribution in [0.2, 0.25) is 5.02 Å².